The van der Waals surface area contributed by atoms with E-state index in [9.17, 15) is 13.2 Å². The average molecular weight is 172 g/mol. The van der Waals surface area contributed by atoms with E-state index in [2.05, 4.69) is 4.74 Å². The molecule has 0 aromatic heterocycles. The number of rotatable bonds is 4. The van der Waals surface area contributed by atoms with Gasteiger partial charge in [-0.2, -0.15) is 13.2 Å². The van der Waals surface area contributed by atoms with E-state index in [1.54, 1.807) is 6.92 Å². The zero-order valence-corrected chi connectivity index (χ0v) is 6.19. The molecule has 0 aromatic carbocycles. The van der Waals surface area contributed by atoms with Gasteiger partial charge in [-0.25, -0.2) is 0 Å². The molecule has 0 bridgehead atoms. The SMILES string of the molecule is CCC(CO)OCC(F)(F)F. The Labute approximate surface area is 63.0 Å². The number of alkyl halides is 3. The fourth-order valence-corrected chi connectivity index (χ4v) is 0.512. The summed E-state index contributed by atoms with van der Waals surface area (Å²) in [5, 5.41) is 8.43. The molecule has 0 radical (unpaired) electrons. The van der Waals surface area contributed by atoms with Crippen molar-refractivity contribution < 1.29 is 23.0 Å². The molecule has 0 saturated heterocycles. The maximum Gasteiger partial charge on any atom is 0.411 e. The number of aliphatic hydroxyl groups excluding tert-OH is 1. The normalized spacial score (nSPS) is 15.0. The van der Waals surface area contributed by atoms with E-state index in [-0.39, 0.29) is 6.61 Å². The maximum atomic E-state index is 11.5. The summed E-state index contributed by atoms with van der Waals surface area (Å²) in [4.78, 5) is 0. The summed E-state index contributed by atoms with van der Waals surface area (Å²) < 4.78 is 38.8. The molecule has 0 amide bonds. The van der Waals surface area contributed by atoms with Crippen molar-refractivity contribution in [2.24, 2.45) is 0 Å². The third-order valence-electron chi connectivity index (χ3n) is 1.14. The molecule has 0 aliphatic carbocycles. The first-order valence-corrected chi connectivity index (χ1v) is 3.28. The highest BCUT2D eigenvalue weighted by atomic mass is 19.4. The fourth-order valence-electron chi connectivity index (χ4n) is 0.512. The van der Waals surface area contributed by atoms with Crippen molar-refractivity contribution in [2.75, 3.05) is 13.2 Å². The molecule has 0 rings (SSSR count). The van der Waals surface area contributed by atoms with Crippen molar-refractivity contribution in [1.82, 2.24) is 0 Å². The van der Waals surface area contributed by atoms with E-state index in [1.165, 1.54) is 0 Å². The number of aliphatic hydroxyl groups is 1. The van der Waals surface area contributed by atoms with Gasteiger partial charge in [-0.15, -0.1) is 0 Å². The summed E-state index contributed by atoms with van der Waals surface area (Å²) in [5.41, 5.74) is 0. The lowest BCUT2D eigenvalue weighted by Crippen LogP contribution is -2.25. The fraction of sp³-hybridized carbons (Fsp3) is 1.00. The Morgan fingerprint density at radius 3 is 2.27 bits per heavy atom. The van der Waals surface area contributed by atoms with Crippen LogP contribution in [0.3, 0.4) is 0 Å². The first-order chi connectivity index (χ1) is 4.99. The Balaban J connectivity index is 3.51. The van der Waals surface area contributed by atoms with Gasteiger partial charge in [0.05, 0.1) is 12.7 Å². The van der Waals surface area contributed by atoms with Gasteiger partial charge in [0, 0.05) is 0 Å². The van der Waals surface area contributed by atoms with E-state index in [0.29, 0.717) is 6.42 Å². The predicted molar refractivity (Wildman–Crippen MR) is 33.2 cm³/mol. The molecule has 0 heterocycles. The minimum atomic E-state index is -4.30. The topological polar surface area (TPSA) is 29.5 Å². The Morgan fingerprint density at radius 2 is 2.00 bits per heavy atom. The molecule has 2 nitrogen and oxygen atoms in total. The lowest BCUT2D eigenvalue weighted by atomic mass is 10.3. The molecule has 1 N–H and O–H groups in total. The molecule has 11 heavy (non-hydrogen) atoms. The monoisotopic (exact) mass is 172 g/mol. The van der Waals surface area contributed by atoms with Crippen molar-refractivity contribution in [1.29, 1.82) is 0 Å². The van der Waals surface area contributed by atoms with Gasteiger partial charge in [0.2, 0.25) is 0 Å². The standard InChI is InChI=1S/C6H11F3O2/c1-2-5(3-10)11-4-6(7,8)9/h5,10H,2-4H2,1H3. The molecule has 68 valence electrons. The van der Waals surface area contributed by atoms with Gasteiger partial charge >= 0.3 is 6.18 Å². The van der Waals surface area contributed by atoms with Crippen LogP contribution in [0.4, 0.5) is 13.2 Å². The van der Waals surface area contributed by atoms with Crippen LogP contribution in [0.25, 0.3) is 0 Å². The summed E-state index contributed by atoms with van der Waals surface area (Å²) in [5.74, 6) is 0. The van der Waals surface area contributed by atoms with Crippen LogP contribution in [-0.4, -0.2) is 30.6 Å². The second kappa shape index (κ2) is 4.56. The third-order valence-corrected chi connectivity index (χ3v) is 1.14. The highest BCUT2D eigenvalue weighted by molar-refractivity contribution is 4.54. The Bertz CT molecular complexity index is 98.5. The van der Waals surface area contributed by atoms with Crippen molar-refractivity contribution >= 4 is 0 Å². The van der Waals surface area contributed by atoms with Gasteiger partial charge in [0.25, 0.3) is 0 Å². The number of hydrogen-bond acceptors (Lipinski definition) is 2. The minimum absolute atomic E-state index is 0.368. The van der Waals surface area contributed by atoms with Gasteiger partial charge in [0.15, 0.2) is 0 Å². The van der Waals surface area contributed by atoms with Crippen molar-refractivity contribution in [2.45, 2.75) is 25.6 Å². The minimum Gasteiger partial charge on any atom is -0.394 e. The molecular formula is C6H11F3O2. The van der Waals surface area contributed by atoms with Crippen LogP contribution in [0.5, 0.6) is 0 Å². The summed E-state index contributed by atoms with van der Waals surface area (Å²) in [7, 11) is 0. The van der Waals surface area contributed by atoms with Gasteiger partial charge in [-0.3, -0.25) is 0 Å². The Kier molecular flexibility index (Phi) is 4.44. The quantitative estimate of drug-likeness (QED) is 0.693. The summed E-state index contributed by atoms with van der Waals surface area (Å²) in [6.07, 6.45) is -4.62. The van der Waals surface area contributed by atoms with Crippen LogP contribution in [0.2, 0.25) is 0 Å². The van der Waals surface area contributed by atoms with Crippen LogP contribution >= 0.6 is 0 Å². The van der Waals surface area contributed by atoms with Crippen LogP contribution < -0.4 is 0 Å². The first kappa shape index (κ1) is 10.7. The third kappa shape index (κ3) is 6.12. The molecule has 0 aromatic rings. The van der Waals surface area contributed by atoms with E-state index in [0.717, 1.165) is 0 Å². The summed E-state index contributed by atoms with van der Waals surface area (Å²) in [6.45, 7) is -0.00406. The molecule has 1 unspecified atom stereocenters. The van der Waals surface area contributed by atoms with E-state index < -0.39 is 18.9 Å². The molecular weight excluding hydrogens is 161 g/mol. The molecule has 0 saturated carbocycles. The lowest BCUT2D eigenvalue weighted by Gasteiger charge is -2.14. The average Bonchev–Trinajstić information content (AvgIpc) is 1.88. The molecule has 0 spiro atoms. The molecule has 5 heteroatoms. The van der Waals surface area contributed by atoms with Crippen molar-refractivity contribution in [3.63, 3.8) is 0 Å². The smallest absolute Gasteiger partial charge is 0.394 e. The number of halogens is 3. The second-order valence-electron chi connectivity index (χ2n) is 2.14. The Hall–Kier alpha value is -0.290. The van der Waals surface area contributed by atoms with Crippen molar-refractivity contribution in [3.05, 3.63) is 0 Å². The van der Waals surface area contributed by atoms with E-state index in [4.69, 9.17) is 5.11 Å². The lowest BCUT2D eigenvalue weighted by molar-refractivity contribution is -0.188. The van der Waals surface area contributed by atoms with Gasteiger partial charge in [-0.1, -0.05) is 6.92 Å². The van der Waals surface area contributed by atoms with E-state index in [1.807, 2.05) is 0 Å². The first-order valence-electron chi connectivity index (χ1n) is 3.28. The highest BCUT2D eigenvalue weighted by Gasteiger charge is 2.28. The Morgan fingerprint density at radius 1 is 1.45 bits per heavy atom. The predicted octanol–water partition coefficient (Wildman–Crippen LogP) is 1.34. The largest absolute Gasteiger partial charge is 0.411 e. The van der Waals surface area contributed by atoms with Gasteiger partial charge in [0.1, 0.15) is 6.61 Å². The number of hydrogen-bond donors (Lipinski definition) is 1. The van der Waals surface area contributed by atoms with Crippen LogP contribution in [0, 0.1) is 0 Å². The zero-order chi connectivity index (χ0) is 8.91. The second-order valence-corrected chi connectivity index (χ2v) is 2.14. The van der Waals surface area contributed by atoms with Gasteiger partial charge < -0.3 is 9.84 Å². The molecule has 0 aliphatic heterocycles. The summed E-state index contributed by atoms with van der Waals surface area (Å²) >= 11 is 0. The van der Waals surface area contributed by atoms with Gasteiger partial charge in [-0.05, 0) is 6.42 Å². The molecule has 0 aliphatic rings. The number of ether oxygens (including phenoxy) is 1. The van der Waals surface area contributed by atoms with Crippen LogP contribution in [0.15, 0.2) is 0 Å². The van der Waals surface area contributed by atoms with Crippen LogP contribution in [-0.2, 0) is 4.74 Å². The molecule has 1 atom stereocenters. The summed E-state index contributed by atoms with van der Waals surface area (Å²) in [6, 6.07) is 0. The highest BCUT2D eigenvalue weighted by Crippen LogP contribution is 2.15. The molecule has 0 fully saturated rings. The van der Waals surface area contributed by atoms with Crippen LogP contribution in [0.1, 0.15) is 13.3 Å². The zero-order valence-electron chi connectivity index (χ0n) is 6.19. The maximum absolute atomic E-state index is 11.5. The van der Waals surface area contributed by atoms with Crippen molar-refractivity contribution in [3.8, 4) is 0 Å². The van der Waals surface area contributed by atoms with E-state index >= 15 is 0 Å².